The van der Waals surface area contributed by atoms with Crippen molar-refractivity contribution in [3.8, 4) is 0 Å². The number of benzene rings is 1. The van der Waals surface area contributed by atoms with Gasteiger partial charge in [-0.2, -0.15) is 0 Å². The third-order valence-electron chi connectivity index (χ3n) is 2.46. The van der Waals surface area contributed by atoms with Gasteiger partial charge in [0.15, 0.2) is 0 Å². The molecule has 1 fully saturated rings. The maximum Gasteiger partial charge on any atom is 0.129 e. The lowest BCUT2D eigenvalue weighted by atomic mass is 10.1. The monoisotopic (exact) mass is 181 g/mol. The molecule has 13 heavy (non-hydrogen) atoms. The molecule has 0 saturated heterocycles. The van der Waals surface area contributed by atoms with Crippen LogP contribution in [0.2, 0.25) is 0 Å². The molecular weight excluding hydrogens is 170 g/mol. The third-order valence-corrected chi connectivity index (χ3v) is 2.46. The second kappa shape index (κ2) is 3.09. The Kier molecular flexibility index (Phi) is 2.06. The molecule has 0 nitrogen and oxygen atoms in total. The van der Waals surface area contributed by atoms with Crippen molar-refractivity contribution in [1.82, 2.24) is 0 Å². The zero-order valence-electron chi connectivity index (χ0n) is 7.32. The van der Waals surface area contributed by atoms with Gasteiger partial charge in [0.25, 0.3) is 0 Å². The van der Waals surface area contributed by atoms with Crippen molar-refractivity contribution < 1.29 is 8.78 Å². The van der Waals surface area contributed by atoms with Gasteiger partial charge >= 0.3 is 0 Å². The first kappa shape index (κ1) is 8.67. The Morgan fingerprint density at radius 1 is 1.23 bits per heavy atom. The minimum Gasteiger partial charge on any atom is -0.207 e. The molecule has 1 radical (unpaired) electrons. The summed E-state index contributed by atoms with van der Waals surface area (Å²) in [5.41, 5.74) is 0.900. The van der Waals surface area contributed by atoms with Gasteiger partial charge in [0.2, 0.25) is 0 Å². The largest absolute Gasteiger partial charge is 0.207 e. The molecule has 2 heteroatoms. The fourth-order valence-electron chi connectivity index (χ4n) is 1.51. The first-order valence-corrected chi connectivity index (χ1v) is 4.49. The van der Waals surface area contributed by atoms with E-state index in [1.54, 1.807) is 0 Å². The van der Waals surface area contributed by atoms with E-state index in [-0.39, 0.29) is 12.0 Å². The summed E-state index contributed by atoms with van der Waals surface area (Å²) in [6, 6.07) is 2.89. The Labute approximate surface area is 76.6 Å². The number of hydrogen-bond acceptors (Lipinski definition) is 0. The zero-order valence-corrected chi connectivity index (χ0v) is 7.32. The molecule has 1 aromatic carbocycles. The summed E-state index contributed by atoms with van der Waals surface area (Å²) in [6.07, 6.45) is 2.29. The second-order valence-corrected chi connectivity index (χ2v) is 3.49. The van der Waals surface area contributed by atoms with E-state index in [0.717, 1.165) is 18.4 Å². The standard InChI is InChI=1S/C11H11F2/c1-2-9-10(12)5-8(6-11(9)13)7-3-4-7/h5-7H,1-4H2. The molecule has 1 aliphatic carbocycles. The molecule has 0 atom stereocenters. The maximum absolute atomic E-state index is 13.2. The summed E-state index contributed by atoms with van der Waals surface area (Å²) < 4.78 is 26.4. The Morgan fingerprint density at radius 3 is 2.15 bits per heavy atom. The van der Waals surface area contributed by atoms with Gasteiger partial charge in [0, 0.05) is 5.56 Å². The van der Waals surface area contributed by atoms with Crippen LogP contribution < -0.4 is 0 Å². The van der Waals surface area contributed by atoms with Crippen LogP contribution in [0.15, 0.2) is 12.1 Å². The molecule has 1 saturated carbocycles. The van der Waals surface area contributed by atoms with Crippen LogP contribution in [0.3, 0.4) is 0 Å². The fraction of sp³-hybridized carbons (Fsp3) is 0.364. The van der Waals surface area contributed by atoms with Crippen molar-refractivity contribution in [3.63, 3.8) is 0 Å². The minimum absolute atomic E-state index is 0.101. The van der Waals surface area contributed by atoms with E-state index < -0.39 is 11.6 Å². The molecular formula is C11H11F2. The Hall–Kier alpha value is -0.920. The highest BCUT2D eigenvalue weighted by molar-refractivity contribution is 5.31. The predicted octanol–water partition coefficient (Wildman–Crippen LogP) is 3.22. The van der Waals surface area contributed by atoms with Crippen molar-refractivity contribution in [2.75, 3.05) is 0 Å². The van der Waals surface area contributed by atoms with E-state index in [9.17, 15) is 8.78 Å². The minimum atomic E-state index is -0.447. The normalized spacial score (nSPS) is 16.2. The molecule has 0 unspecified atom stereocenters. The van der Waals surface area contributed by atoms with Crippen LogP contribution in [0, 0.1) is 18.6 Å². The van der Waals surface area contributed by atoms with Crippen LogP contribution >= 0.6 is 0 Å². The van der Waals surface area contributed by atoms with Crippen LogP contribution in [0.5, 0.6) is 0 Å². The van der Waals surface area contributed by atoms with E-state index in [2.05, 4.69) is 6.92 Å². The van der Waals surface area contributed by atoms with E-state index in [1.165, 1.54) is 12.1 Å². The molecule has 1 aliphatic rings. The lowest BCUT2D eigenvalue weighted by Gasteiger charge is -2.04. The first-order valence-electron chi connectivity index (χ1n) is 4.49. The van der Waals surface area contributed by atoms with Crippen molar-refractivity contribution in [1.29, 1.82) is 0 Å². The van der Waals surface area contributed by atoms with Crippen molar-refractivity contribution in [2.45, 2.75) is 25.2 Å². The molecule has 0 amide bonds. The van der Waals surface area contributed by atoms with Crippen molar-refractivity contribution in [2.24, 2.45) is 0 Å². The molecule has 2 rings (SSSR count). The average Bonchev–Trinajstić information content (AvgIpc) is 2.85. The lowest BCUT2D eigenvalue weighted by Crippen LogP contribution is -1.96. The number of hydrogen-bond donors (Lipinski definition) is 0. The molecule has 0 spiro atoms. The highest BCUT2D eigenvalue weighted by Gasteiger charge is 2.25. The van der Waals surface area contributed by atoms with Crippen LogP contribution in [0.1, 0.15) is 29.9 Å². The topological polar surface area (TPSA) is 0 Å². The van der Waals surface area contributed by atoms with Gasteiger partial charge in [-0.15, -0.1) is 0 Å². The van der Waals surface area contributed by atoms with Crippen molar-refractivity contribution in [3.05, 3.63) is 41.8 Å². The maximum atomic E-state index is 13.2. The quantitative estimate of drug-likeness (QED) is 0.657. The summed E-state index contributed by atoms with van der Waals surface area (Å²) in [6.45, 7) is 3.49. The van der Waals surface area contributed by atoms with Gasteiger partial charge in [-0.05, 0) is 49.8 Å². The summed E-state index contributed by atoms with van der Waals surface area (Å²) in [4.78, 5) is 0. The van der Waals surface area contributed by atoms with E-state index in [0.29, 0.717) is 5.92 Å². The van der Waals surface area contributed by atoms with Crippen LogP contribution in [0.25, 0.3) is 0 Å². The third kappa shape index (κ3) is 1.58. The Morgan fingerprint density at radius 2 is 1.77 bits per heavy atom. The van der Waals surface area contributed by atoms with Crippen molar-refractivity contribution >= 4 is 0 Å². The van der Waals surface area contributed by atoms with E-state index in [1.807, 2.05) is 0 Å². The summed E-state index contributed by atoms with van der Waals surface area (Å²) >= 11 is 0. The predicted molar refractivity (Wildman–Crippen MR) is 47.4 cm³/mol. The fourth-order valence-corrected chi connectivity index (χ4v) is 1.51. The molecule has 0 aliphatic heterocycles. The summed E-state index contributed by atoms with van der Waals surface area (Å²) in [5.74, 6) is -0.503. The Balaban J connectivity index is 2.42. The highest BCUT2D eigenvalue weighted by Crippen LogP contribution is 2.40. The SMILES string of the molecule is [CH2]Cc1c(F)cc(C2CC2)cc1F. The summed E-state index contributed by atoms with van der Waals surface area (Å²) in [5, 5.41) is 0. The molecule has 1 aromatic rings. The van der Waals surface area contributed by atoms with Gasteiger partial charge in [-0.25, -0.2) is 8.78 Å². The van der Waals surface area contributed by atoms with Crippen LogP contribution in [-0.4, -0.2) is 0 Å². The van der Waals surface area contributed by atoms with Gasteiger partial charge in [0.1, 0.15) is 11.6 Å². The van der Waals surface area contributed by atoms with E-state index in [4.69, 9.17) is 0 Å². The lowest BCUT2D eigenvalue weighted by molar-refractivity contribution is 0.559. The van der Waals surface area contributed by atoms with Gasteiger partial charge in [-0.1, -0.05) is 0 Å². The number of halogens is 2. The van der Waals surface area contributed by atoms with Crippen LogP contribution in [-0.2, 0) is 6.42 Å². The molecule has 69 valence electrons. The molecule has 0 N–H and O–H groups in total. The first-order chi connectivity index (χ1) is 6.22. The van der Waals surface area contributed by atoms with Gasteiger partial charge < -0.3 is 0 Å². The zero-order chi connectivity index (χ0) is 9.42. The van der Waals surface area contributed by atoms with E-state index >= 15 is 0 Å². The second-order valence-electron chi connectivity index (χ2n) is 3.49. The summed E-state index contributed by atoms with van der Waals surface area (Å²) in [7, 11) is 0. The Bertz CT molecular complexity index is 304. The van der Waals surface area contributed by atoms with Gasteiger partial charge in [0.05, 0.1) is 0 Å². The van der Waals surface area contributed by atoms with Gasteiger partial charge in [-0.3, -0.25) is 0 Å². The average molecular weight is 181 g/mol. The molecule has 0 heterocycles. The smallest absolute Gasteiger partial charge is 0.129 e. The highest BCUT2D eigenvalue weighted by atomic mass is 19.1. The van der Waals surface area contributed by atoms with Crippen LogP contribution in [0.4, 0.5) is 8.78 Å². The number of rotatable bonds is 2. The molecule has 0 aromatic heterocycles. The molecule has 0 bridgehead atoms.